The number of amides is 1. The second kappa shape index (κ2) is 7.42. The van der Waals surface area contributed by atoms with Crippen molar-refractivity contribution < 1.29 is 4.79 Å². The van der Waals surface area contributed by atoms with Crippen LogP contribution in [0.15, 0.2) is 36.4 Å². The van der Waals surface area contributed by atoms with E-state index in [4.69, 9.17) is 5.10 Å². The van der Waals surface area contributed by atoms with Crippen LogP contribution in [0, 0.1) is 5.92 Å². The van der Waals surface area contributed by atoms with Gasteiger partial charge in [-0.2, -0.15) is 5.10 Å². The number of carbonyl (C=O) groups is 1. The predicted molar refractivity (Wildman–Crippen MR) is 102 cm³/mol. The molecule has 0 atom stereocenters. The van der Waals surface area contributed by atoms with Crippen molar-refractivity contribution in [2.75, 3.05) is 5.32 Å². The fraction of sp³-hybridized carbons (Fsp3) is 0.524. The van der Waals surface area contributed by atoms with E-state index in [0.717, 1.165) is 29.4 Å². The van der Waals surface area contributed by atoms with Gasteiger partial charge in [-0.3, -0.25) is 4.79 Å². The van der Waals surface area contributed by atoms with Crippen LogP contribution in [0.25, 0.3) is 11.3 Å². The molecule has 1 saturated carbocycles. The van der Waals surface area contributed by atoms with Gasteiger partial charge in [-0.1, -0.05) is 56.0 Å². The number of hydrogen-bond donors (Lipinski definition) is 1. The average molecular weight is 339 g/mol. The molecule has 1 aromatic carbocycles. The molecule has 1 N–H and O–H groups in total. The maximum atomic E-state index is 12.4. The largest absolute Gasteiger partial charge is 0.311 e. The van der Waals surface area contributed by atoms with Gasteiger partial charge < -0.3 is 5.32 Å². The molecule has 1 fully saturated rings. The minimum atomic E-state index is -0.193. The van der Waals surface area contributed by atoms with Crippen LogP contribution in [-0.2, 0) is 10.3 Å². The standard InChI is InChI=1S/C21H29N3O/c1-21(2,3)24-19(15-18(23-24)17-11-5-4-6-12-17)22-20(25)14-13-16-9-7-8-10-16/h4-6,11-12,15-16H,7-10,13-14H2,1-3H3,(H,22,25). The van der Waals surface area contributed by atoms with Crippen molar-refractivity contribution >= 4 is 11.7 Å². The minimum absolute atomic E-state index is 0.0944. The van der Waals surface area contributed by atoms with Gasteiger partial charge >= 0.3 is 0 Å². The molecule has 0 aliphatic heterocycles. The lowest BCUT2D eigenvalue weighted by molar-refractivity contribution is -0.116. The molecule has 134 valence electrons. The van der Waals surface area contributed by atoms with E-state index in [0.29, 0.717) is 6.42 Å². The molecule has 4 heteroatoms. The Morgan fingerprint density at radius 1 is 1.20 bits per heavy atom. The fourth-order valence-corrected chi connectivity index (χ4v) is 3.57. The van der Waals surface area contributed by atoms with Gasteiger partial charge in [0.25, 0.3) is 0 Å². The lowest BCUT2D eigenvalue weighted by Gasteiger charge is -2.22. The lowest BCUT2D eigenvalue weighted by Crippen LogP contribution is -2.26. The van der Waals surface area contributed by atoms with E-state index in [1.807, 2.05) is 41.1 Å². The zero-order chi connectivity index (χ0) is 17.9. The molecule has 1 amide bonds. The molecule has 1 aliphatic carbocycles. The summed E-state index contributed by atoms with van der Waals surface area (Å²) in [4.78, 5) is 12.4. The number of carbonyl (C=O) groups excluding carboxylic acids is 1. The van der Waals surface area contributed by atoms with Crippen LogP contribution in [0.3, 0.4) is 0 Å². The van der Waals surface area contributed by atoms with E-state index in [-0.39, 0.29) is 11.4 Å². The number of nitrogens with one attached hydrogen (secondary N) is 1. The number of anilines is 1. The van der Waals surface area contributed by atoms with Crippen LogP contribution in [0.2, 0.25) is 0 Å². The summed E-state index contributed by atoms with van der Waals surface area (Å²) in [5.41, 5.74) is 1.76. The normalized spacial score (nSPS) is 15.5. The van der Waals surface area contributed by atoms with Crippen molar-refractivity contribution in [3.05, 3.63) is 36.4 Å². The summed E-state index contributed by atoms with van der Waals surface area (Å²) in [6, 6.07) is 12.1. The van der Waals surface area contributed by atoms with Crippen LogP contribution in [0.4, 0.5) is 5.82 Å². The van der Waals surface area contributed by atoms with Crippen molar-refractivity contribution in [2.24, 2.45) is 5.92 Å². The number of rotatable bonds is 5. The summed E-state index contributed by atoms with van der Waals surface area (Å²) in [7, 11) is 0. The zero-order valence-electron chi connectivity index (χ0n) is 15.6. The first kappa shape index (κ1) is 17.7. The van der Waals surface area contributed by atoms with Gasteiger partial charge in [0.2, 0.25) is 5.91 Å². The van der Waals surface area contributed by atoms with E-state index in [1.165, 1.54) is 25.7 Å². The Morgan fingerprint density at radius 2 is 1.88 bits per heavy atom. The van der Waals surface area contributed by atoms with E-state index < -0.39 is 0 Å². The highest BCUT2D eigenvalue weighted by molar-refractivity contribution is 5.90. The van der Waals surface area contributed by atoms with Gasteiger partial charge in [0.05, 0.1) is 11.2 Å². The van der Waals surface area contributed by atoms with Crippen molar-refractivity contribution in [2.45, 2.75) is 64.8 Å². The second-order valence-electron chi connectivity index (χ2n) is 8.10. The van der Waals surface area contributed by atoms with Gasteiger partial charge in [-0.25, -0.2) is 4.68 Å². The third kappa shape index (κ3) is 4.50. The summed E-state index contributed by atoms with van der Waals surface area (Å²) >= 11 is 0. The molecule has 0 radical (unpaired) electrons. The second-order valence-corrected chi connectivity index (χ2v) is 8.10. The van der Waals surface area contributed by atoms with Crippen molar-refractivity contribution in [1.29, 1.82) is 0 Å². The Labute approximate surface area is 150 Å². The van der Waals surface area contributed by atoms with E-state index in [9.17, 15) is 4.79 Å². The first-order valence-corrected chi connectivity index (χ1v) is 9.39. The Kier molecular flexibility index (Phi) is 5.26. The quantitative estimate of drug-likeness (QED) is 0.812. The Balaban J connectivity index is 1.74. The van der Waals surface area contributed by atoms with Crippen LogP contribution in [0.1, 0.15) is 59.3 Å². The molecule has 3 rings (SSSR count). The maximum Gasteiger partial charge on any atom is 0.225 e. The smallest absolute Gasteiger partial charge is 0.225 e. The summed E-state index contributed by atoms with van der Waals surface area (Å²) in [5.74, 6) is 1.61. The Bertz CT molecular complexity index is 706. The van der Waals surface area contributed by atoms with Crippen LogP contribution >= 0.6 is 0 Å². The molecule has 2 aromatic rings. The number of benzene rings is 1. The predicted octanol–water partition coefficient (Wildman–Crippen LogP) is 5.21. The monoisotopic (exact) mass is 339 g/mol. The van der Waals surface area contributed by atoms with Crippen molar-refractivity contribution in [3.63, 3.8) is 0 Å². The molecule has 0 spiro atoms. The molecule has 1 aliphatic rings. The third-order valence-electron chi connectivity index (χ3n) is 4.94. The van der Waals surface area contributed by atoms with Crippen LogP contribution in [0.5, 0.6) is 0 Å². The van der Waals surface area contributed by atoms with Gasteiger partial charge in [0.1, 0.15) is 5.82 Å². The van der Waals surface area contributed by atoms with Gasteiger partial charge in [0, 0.05) is 18.1 Å². The van der Waals surface area contributed by atoms with Gasteiger partial charge in [-0.05, 0) is 33.1 Å². The van der Waals surface area contributed by atoms with E-state index in [1.54, 1.807) is 0 Å². The lowest BCUT2D eigenvalue weighted by atomic mass is 10.0. The van der Waals surface area contributed by atoms with Gasteiger partial charge in [0.15, 0.2) is 0 Å². The first-order valence-electron chi connectivity index (χ1n) is 9.39. The van der Waals surface area contributed by atoms with E-state index >= 15 is 0 Å². The fourth-order valence-electron chi connectivity index (χ4n) is 3.57. The Hall–Kier alpha value is -2.10. The van der Waals surface area contributed by atoms with Crippen LogP contribution < -0.4 is 5.32 Å². The average Bonchev–Trinajstić information content (AvgIpc) is 3.23. The molecule has 0 unspecified atom stereocenters. The Morgan fingerprint density at radius 3 is 2.52 bits per heavy atom. The maximum absolute atomic E-state index is 12.4. The van der Waals surface area contributed by atoms with Crippen molar-refractivity contribution in [3.8, 4) is 11.3 Å². The van der Waals surface area contributed by atoms with Crippen molar-refractivity contribution in [1.82, 2.24) is 9.78 Å². The molecule has 0 saturated heterocycles. The summed E-state index contributed by atoms with van der Waals surface area (Å²) in [5, 5.41) is 7.84. The molecular formula is C21H29N3O. The molecular weight excluding hydrogens is 310 g/mol. The number of aromatic nitrogens is 2. The number of hydrogen-bond acceptors (Lipinski definition) is 2. The third-order valence-corrected chi connectivity index (χ3v) is 4.94. The molecule has 1 aromatic heterocycles. The highest BCUT2D eigenvalue weighted by atomic mass is 16.1. The highest BCUT2D eigenvalue weighted by Gasteiger charge is 2.22. The molecule has 0 bridgehead atoms. The molecule has 1 heterocycles. The topological polar surface area (TPSA) is 46.9 Å². The first-order chi connectivity index (χ1) is 11.9. The highest BCUT2D eigenvalue weighted by Crippen LogP contribution is 2.30. The number of nitrogens with zero attached hydrogens (tertiary/aromatic N) is 2. The molecule has 4 nitrogen and oxygen atoms in total. The summed E-state index contributed by atoms with van der Waals surface area (Å²) in [6.07, 6.45) is 6.81. The zero-order valence-corrected chi connectivity index (χ0v) is 15.6. The SMILES string of the molecule is CC(C)(C)n1nc(-c2ccccc2)cc1NC(=O)CCC1CCCC1. The summed E-state index contributed by atoms with van der Waals surface area (Å²) < 4.78 is 1.92. The van der Waals surface area contributed by atoms with Crippen LogP contribution in [-0.4, -0.2) is 15.7 Å². The van der Waals surface area contributed by atoms with E-state index in [2.05, 4.69) is 26.1 Å². The van der Waals surface area contributed by atoms with Gasteiger partial charge in [-0.15, -0.1) is 0 Å². The minimum Gasteiger partial charge on any atom is -0.311 e. The molecule has 25 heavy (non-hydrogen) atoms. The summed E-state index contributed by atoms with van der Waals surface area (Å²) in [6.45, 7) is 6.30.